The number of phenols is 1. The van der Waals surface area contributed by atoms with Crippen LogP contribution in [0.5, 0.6) is 11.5 Å². The molecule has 0 bridgehead atoms. The second-order valence-corrected chi connectivity index (χ2v) is 6.50. The molecular formula is C16H17NO5S2. The molecule has 1 fully saturated rings. The topological polar surface area (TPSA) is 76.1 Å². The first kappa shape index (κ1) is 18.3. The maximum absolute atomic E-state index is 12.4. The number of thioether (sulfide) groups is 1. The Morgan fingerprint density at radius 3 is 2.88 bits per heavy atom. The Labute approximate surface area is 149 Å². The third-order valence-electron chi connectivity index (χ3n) is 3.22. The number of aromatic hydroxyl groups is 1. The molecule has 1 aromatic carbocycles. The summed E-state index contributed by atoms with van der Waals surface area (Å²) in [6.45, 7) is 2.43. The van der Waals surface area contributed by atoms with E-state index in [4.69, 9.17) is 17.0 Å². The SMILES string of the molecule is CCOc1cc(/C=C2/SC(=S)N(CCC(=O)OC)C2=O)ccc1O. The summed E-state index contributed by atoms with van der Waals surface area (Å²) in [5.74, 6) is -0.250. The lowest BCUT2D eigenvalue weighted by molar-refractivity contribution is -0.140. The van der Waals surface area contributed by atoms with Crippen molar-refractivity contribution >= 4 is 46.3 Å². The van der Waals surface area contributed by atoms with Gasteiger partial charge in [-0.1, -0.05) is 30.0 Å². The van der Waals surface area contributed by atoms with Crippen molar-refractivity contribution in [1.82, 2.24) is 4.90 Å². The summed E-state index contributed by atoms with van der Waals surface area (Å²) in [4.78, 5) is 25.5. The molecule has 0 radical (unpaired) electrons. The molecule has 6 nitrogen and oxygen atoms in total. The quantitative estimate of drug-likeness (QED) is 0.470. The minimum Gasteiger partial charge on any atom is -0.504 e. The number of carbonyl (C=O) groups is 2. The van der Waals surface area contributed by atoms with E-state index >= 15 is 0 Å². The molecule has 0 spiro atoms. The molecule has 1 heterocycles. The number of benzene rings is 1. The van der Waals surface area contributed by atoms with Crippen LogP contribution in [0.1, 0.15) is 18.9 Å². The predicted octanol–water partition coefficient (Wildman–Crippen LogP) is 2.56. The summed E-state index contributed by atoms with van der Waals surface area (Å²) in [6, 6.07) is 4.84. The second-order valence-electron chi connectivity index (χ2n) is 4.82. The fourth-order valence-corrected chi connectivity index (χ4v) is 3.35. The average molecular weight is 367 g/mol. The van der Waals surface area contributed by atoms with Crippen molar-refractivity contribution in [1.29, 1.82) is 0 Å². The molecular weight excluding hydrogens is 350 g/mol. The van der Waals surface area contributed by atoms with Gasteiger partial charge >= 0.3 is 5.97 Å². The van der Waals surface area contributed by atoms with E-state index in [0.717, 1.165) is 0 Å². The Kier molecular flexibility index (Phi) is 6.22. The number of methoxy groups -OCH3 is 1. The van der Waals surface area contributed by atoms with Crippen LogP contribution < -0.4 is 4.74 Å². The van der Waals surface area contributed by atoms with Crippen molar-refractivity contribution in [3.8, 4) is 11.5 Å². The van der Waals surface area contributed by atoms with Crippen LogP contribution in [0.4, 0.5) is 0 Å². The van der Waals surface area contributed by atoms with Gasteiger partial charge in [-0.05, 0) is 30.7 Å². The smallest absolute Gasteiger partial charge is 0.307 e. The minimum atomic E-state index is -0.395. The van der Waals surface area contributed by atoms with E-state index in [9.17, 15) is 14.7 Å². The van der Waals surface area contributed by atoms with Crippen LogP contribution in [0.3, 0.4) is 0 Å². The summed E-state index contributed by atoms with van der Waals surface area (Å²) in [6.07, 6.45) is 1.77. The Bertz CT molecular complexity index is 702. The summed E-state index contributed by atoms with van der Waals surface area (Å²) in [5.41, 5.74) is 0.713. The van der Waals surface area contributed by atoms with Crippen LogP contribution in [-0.4, -0.2) is 46.5 Å². The molecule has 0 atom stereocenters. The van der Waals surface area contributed by atoms with Crippen LogP contribution in [0.2, 0.25) is 0 Å². The third kappa shape index (κ3) is 4.27. The first-order valence-corrected chi connectivity index (χ1v) is 8.46. The van der Waals surface area contributed by atoms with Crippen molar-refractivity contribution in [3.63, 3.8) is 0 Å². The van der Waals surface area contributed by atoms with Gasteiger partial charge in [0.15, 0.2) is 11.5 Å². The summed E-state index contributed by atoms with van der Waals surface area (Å²) >= 11 is 6.37. The standard InChI is InChI=1S/C16H17NO5S2/c1-3-22-12-8-10(4-5-11(12)18)9-13-15(20)17(16(23)24-13)7-6-14(19)21-2/h4-5,8-9,18H,3,6-7H2,1-2H3/b13-9+. The maximum atomic E-state index is 12.4. The van der Waals surface area contributed by atoms with E-state index in [0.29, 0.717) is 27.1 Å². The average Bonchev–Trinajstić information content (AvgIpc) is 2.82. The lowest BCUT2D eigenvalue weighted by Crippen LogP contribution is -2.30. The number of hydrogen-bond donors (Lipinski definition) is 1. The van der Waals surface area contributed by atoms with Gasteiger partial charge in [-0.2, -0.15) is 0 Å². The molecule has 1 aliphatic rings. The normalized spacial score (nSPS) is 15.9. The number of nitrogens with zero attached hydrogens (tertiary/aromatic N) is 1. The van der Waals surface area contributed by atoms with Gasteiger partial charge in [-0.25, -0.2) is 0 Å². The Hall–Kier alpha value is -2.06. The van der Waals surface area contributed by atoms with Crippen molar-refractivity contribution in [2.24, 2.45) is 0 Å². The first-order chi connectivity index (χ1) is 11.5. The molecule has 1 amide bonds. The van der Waals surface area contributed by atoms with Gasteiger partial charge in [-0.15, -0.1) is 0 Å². The molecule has 8 heteroatoms. The van der Waals surface area contributed by atoms with Gasteiger partial charge < -0.3 is 14.6 Å². The van der Waals surface area contributed by atoms with Gasteiger partial charge in [-0.3, -0.25) is 14.5 Å². The van der Waals surface area contributed by atoms with E-state index in [1.54, 1.807) is 18.2 Å². The van der Waals surface area contributed by atoms with E-state index in [1.165, 1.54) is 29.8 Å². The molecule has 128 valence electrons. The summed E-state index contributed by atoms with van der Waals surface area (Å²) in [7, 11) is 1.30. The first-order valence-electron chi connectivity index (χ1n) is 7.24. The Balaban J connectivity index is 2.16. The highest BCUT2D eigenvalue weighted by molar-refractivity contribution is 8.26. The van der Waals surface area contributed by atoms with Crippen LogP contribution in [0.15, 0.2) is 23.1 Å². The highest BCUT2D eigenvalue weighted by Crippen LogP contribution is 2.34. The number of phenolic OH excluding ortho intramolecular Hbond substituents is 1. The third-order valence-corrected chi connectivity index (χ3v) is 4.60. The fraction of sp³-hybridized carbons (Fsp3) is 0.312. The molecule has 1 aromatic rings. The van der Waals surface area contributed by atoms with Crippen molar-refractivity contribution < 1.29 is 24.2 Å². The monoisotopic (exact) mass is 367 g/mol. The number of amides is 1. The van der Waals surface area contributed by atoms with Gasteiger partial charge in [0.2, 0.25) is 0 Å². The zero-order chi connectivity index (χ0) is 17.7. The van der Waals surface area contributed by atoms with E-state index in [1.807, 2.05) is 6.92 Å². The largest absolute Gasteiger partial charge is 0.504 e. The minimum absolute atomic E-state index is 0.0413. The molecule has 1 saturated heterocycles. The maximum Gasteiger partial charge on any atom is 0.307 e. The van der Waals surface area contributed by atoms with E-state index in [-0.39, 0.29) is 24.6 Å². The number of thiocarbonyl (C=S) groups is 1. The van der Waals surface area contributed by atoms with E-state index in [2.05, 4.69) is 4.74 Å². The van der Waals surface area contributed by atoms with Gasteiger partial charge in [0.05, 0.1) is 25.0 Å². The van der Waals surface area contributed by atoms with Crippen LogP contribution in [0.25, 0.3) is 6.08 Å². The fourth-order valence-electron chi connectivity index (χ4n) is 2.04. The number of carbonyl (C=O) groups excluding carboxylic acids is 2. The van der Waals surface area contributed by atoms with Crippen LogP contribution >= 0.6 is 24.0 Å². The Morgan fingerprint density at radius 1 is 1.46 bits per heavy atom. The number of rotatable bonds is 6. The second kappa shape index (κ2) is 8.16. The highest BCUT2D eigenvalue weighted by atomic mass is 32.2. The summed E-state index contributed by atoms with van der Waals surface area (Å²) in [5, 5.41) is 9.72. The van der Waals surface area contributed by atoms with Crippen LogP contribution in [0, 0.1) is 0 Å². The number of ether oxygens (including phenoxy) is 2. The molecule has 0 aliphatic carbocycles. The molecule has 1 N–H and O–H groups in total. The Morgan fingerprint density at radius 2 is 2.21 bits per heavy atom. The molecule has 24 heavy (non-hydrogen) atoms. The lowest BCUT2D eigenvalue weighted by Gasteiger charge is -2.13. The molecule has 1 aliphatic heterocycles. The number of hydrogen-bond acceptors (Lipinski definition) is 7. The lowest BCUT2D eigenvalue weighted by atomic mass is 10.2. The zero-order valence-corrected chi connectivity index (χ0v) is 14.9. The molecule has 0 saturated carbocycles. The summed E-state index contributed by atoms with van der Waals surface area (Å²) < 4.78 is 10.3. The highest BCUT2D eigenvalue weighted by Gasteiger charge is 2.32. The van der Waals surface area contributed by atoms with Gasteiger partial charge in [0.1, 0.15) is 4.32 Å². The van der Waals surface area contributed by atoms with Gasteiger partial charge in [0, 0.05) is 6.54 Å². The molecule has 0 aromatic heterocycles. The molecule has 0 unspecified atom stereocenters. The van der Waals surface area contributed by atoms with Gasteiger partial charge in [0.25, 0.3) is 5.91 Å². The van der Waals surface area contributed by atoms with Crippen molar-refractivity contribution in [3.05, 3.63) is 28.7 Å². The van der Waals surface area contributed by atoms with Crippen LogP contribution in [-0.2, 0) is 14.3 Å². The van der Waals surface area contributed by atoms with Crippen molar-refractivity contribution in [2.75, 3.05) is 20.3 Å². The zero-order valence-electron chi connectivity index (χ0n) is 13.3. The predicted molar refractivity (Wildman–Crippen MR) is 95.8 cm³/mol. The van der Waals surface area contributed by atoms with E-state index < -0.39 is 5.97 Å². The molecule has 2 rings (SSSR count). The number of esters is 1. The van der Waals surface area contributed by atoms with Crippen molar-refractivity contribution in [2.45, 2.75) is 13.3 Å².